The van der Waals surface area contributed by atoms with Gasteiger partial charge in [-0.05, 0) is 19.1 Å². The van der Waals surface area contributed by atoms with Crippen LogP contribution >= 0.6 is 0 Å². The second-order valence-electron chi connectivity index (χ2n) is 5.07. The van der Waals surface area contributed by atoms with Crippen molar-refractivity contribution in [3.63, 3.8) is 0 Å². The molecular weight excluding hydrogens is 282 g/mol. The molecule has 0 amide bonds. The summed E-state index contributed by atoms with van der Waals surface area (Å²) in [4.78, 5) is 10.8. The molecular formula is C17H19NO4. The van der Waals surface area contributed by atoms with Gasteiger partial charge in [0.2, 0.25) is 6.54 Å². The molecule has 0 bridgehead atoms. The van der Waals surface area contributed by atoms with Crippen molar-refractivity contribution in [1.82, 2.24) is 0 Å². The number of aliphatic hydroxyl groups excluding tert-OH is 1. The van der Waals surface area contributed by atoms with Gasteiger partial charge in [-0.25, -0.2) is 0 Å². The number of ether oxygens (including phenoxy) is 1. The normalized spacial score (nSPS) is 21.2. The zero-order valence-corrected chi connectivity index (χ0v) is 12.4. The zero-order valence-electron chi connectivity index (χ0n) is 12.4. The lowest BCUT2D eigenvalue weighted by Gasteiger charge is -2.22. The van der Waals surface area contributed by atoms with Crippen LogP contribution in [0.3, 0.4) is 0 Å². The highest BCUT2D eigenvalue weighted by molar-refractivity contribution is 5.46. The van der Waals surface area contributed by atoms with Crippen LogP contribution in [0.2, 0.25) is 0 Å². The van der Waals surface area contributed by atoms with Crippen LogP contribution in [-0.2, 0) is 0 Å². The Morgan fingerprint density at radius 3 is 2.73 bits per heavy atom. The first kappa shape index (κ1) is 16.0. The van der Waals surface area contributed by atoms with Crippen molar-refractivity contribution in [2.45, 2.75) is 12.8 Å². The molecule has 22 heavy (non-hydrogen) atoms. The minimum atomic E-state index is -0.479. The number of rotatable bonds is 5. The molecule has 1 aliphatic heterocycles. The molecule has 0 spiro atoms. The lowest BCUT2D eigenvalue weighted by molar-refractivity contribution is -0.487. The Balaban J connectivity index is 2.65. The van der Waals surface area contributed by atoms with Gasteiger partial charge in [-0.3, -0.25) is 10.1 Å². The van der Waals surface area contributed by atoms with Crippen molar-refractivity contribution < 1.29 is 14.8 Å². The quantitative estimate of drug-likeness (QED) is 0.670. The van der Waals surface area contributed by atoms with Gasteiger partial charge in [0.15, 0.2) is 0 Å². The van der Waals surface area contributed by atoms with Gasteiger partial charge < -0.3 is 9.84 Å². The molecule has 0 aliphatic carbocycles. The second-order valence-corrected chi connectivity index (χ2v) is 5.07. The third-order valence-corrected chi connectivity index (χ3v) is 3.78. The highest BCUT2D eigenvalue weighted by atomic mass is 16.6. The predicted octanol–water partition coefficient (Wildman–Crippen LogP) is 3.06. The van der Waals surface area contributed by atoms with Crippen molar-refractivity contribution in [3.8, 4) is 5.75 Å². The van der Waals surface area contributed by atoms with Gasteiger partial charge in [0.1, 0.15) is 11.5 Å². The van der Waals surface area contributed by atoms with Crippen LogP contribution in [-0.4, -0.2) is 23.2 Å². The molecule has 1 N–H and O–H groups in total. The van der Waals surface area contributed by atoms with E-state index in [1.807, 2.05) is 25.1 Å². The zero-order chi connectivity index (χ0) is 16.1. The first-order chi connectivity index (χ1) is 10.6. The van der Waals surface area contributed by atoms with E-state index < -0.39 is 11.8 Å². The molecule has 2 atom stereocenters. The lowest BCUT2D eigenvalue weighted by atomic mass is 9.81. The summed E-state index contributed by atoms with van der Waals surface area (Å²) in [5.74, 6) is 0.218. The molecule has 5 nitrogen and oxygen atoms in total. The Morgan fingerprint density at radius 2 is 2.14 bits per heavy atom. The molecule has 1 aromatic rings. The summed E-state index contributed by atoms with van der Waals surface area (Å²) in [6.45, 7) is 5.12. The molecule has 116 valence electrons. The first-order valence-corrected chi connectivity index (χ1v) is 7.11. The fraction of sp³-hybridized carbons (Fsp3) is 0.294. The standard InChI is InChI=1S/C17H19NO4/c1-3-7-12-14(10-18(20)21)15(11-19)13-8-5-6-9-17(13)22-16(12)4-2/h3-9,14-15,19H,2,10-11H2,1H3/b7-3-/t14-,15?/m0/s1. The van der Waals surface area contributed by atoms with Crippen molar-refractivity contribution in [1.29, 1.82) is 0 Å². The number of allylic oxidation sites excluding steroid dienone is 3. The summed E-state index contributed by atoms with van der Waals surface area (Å²) in [6, 6.07) is 7.30. The maximum absolute atomic E-state index is 11.1. The number of hydrogen-bond acceptors (Lipinski definition) is 4. The molecule has 5 heteroatoms. The van der Waals surface area contributed by atoms with Crippen LogP contribution in [0.4, 0.5) is 0 Å². The van der Waals surface area contributed by atoms with Crippen molar-refractivity contribution in [3.05, 3.63) is 76.1 Å². The van der Waals surface area contributed by atoms with E-state index in [-0.39, 0.29) is 18.1 Å². The molecule has 1 aliphatic rings. The predicted molar refractivity (Wildman–Crippen MR) is 84.3 cm³/mol. The molecule has 0 saturated carbocycles. The van der Waals surface area contributed by atoms with Gasteiger partial charge in [0.25, 0.3) is 0 Å². The van der Waals surface area contributed by atoms with Gasteiger partial charge in [0, 0.05) is 22.0 Å². The molecule has 0 radical (unpaired) electrons. The second kappa shape index (κ2) is 7.04. The number of fused-ring (bicyclic) bond motifs is 1. The molecule has 0 saturated heterocycles. The minimum absolute atomic E-state index is 0.190. The molecule has 1 unspecified atom stereocenters. The molecule has 2 rings (SSSR count). The van der Waals surface area contributed by atoms with Crippen LogP contribution in [0, 0.1) is 16.0 Å². The molecule has 1 heterocycles. The summed E-state index contributed by atoms with van der Waals surface area (Å²) >= 11 is 0. The fourth-order valence-electron chi connectivity index (χ4n) is 2.83. The number of aliphatic hydroxyl groups is 1. The minimum Gasteiger partial charge on any atom is -0.457 e. The number of hydrogen-bond donors (Lipinski definition) is 1. The maximum atomic E-state index is 11.1. The Bertz CT molecular complexity index is 633. The summed E-state index contributed by atoms with van der Waals surface area (Å²) < 4.78 is 5.89. The first-order valence-electron chi connectivity index (χ1n) is 7.11. The van der Waals surface area contributed by atoms with E-state index >= 15 is 0 Å². The van der Waals surface area contributed by atoms with Gasteiger partial charge in [0.05, 0.1) is 12.5 Å². The average Bonchev–Trinajstić information content (AvgIpc) is 2.62. The number of benzene rings is 1. The van der Waals surface area contributed by atoms with E-state index in [1.54, 1.807) is 24.3 Å². The van der Waals surface area contributed by atoms with Crippen LogP contribution in [0.5, 0.6) is 5.75 Å². The molecule has 0 aromatic heterocycles. The topological polar surface area (TPSA) is 72.6 Å². The van der Waals surface area contributed by atoms with E-state index in [1.165, 1.54) is 0 Å². The van der Waals surface area contributed by atoms with Gasteiger partial charge in [-0.2, -0.15) is 0 Å². The maximum Gasteiger partial charge on any atom is 0.211 e. The van der Waals surface area contributed by atoms with Crippen molar-refractivity contribution in [2.24, 2.45) is 5.92 Å². The largest absolute Gasteiger partial charge is 0.457 e. The average molecular weight is 301 g/mol. The van der Waals surface area contributed by atoms with E-state index in [9.17, 15) is 15.2 Å². The highest BCUT2D eigenvalue weighted by Gasteiger charge is 2.35. The molecule has 0 fully saturated rings. The van der Waals surface area contributed by atoms with Crippen LogP contribution in [0.15, 0.2) is 60.4 Å². The highest BCUT2D eigenvalue weighted by Crippen LogP contribution is 2.41. The third kappa shape index (κ3) is 3.09. The van der Waals surface area contributed by atoms with Crippen LogP contribution < -0.4 is 4.74 Å². The van der Waals surface area contributed by atoms with Crippen LogP contribution in [0.25, 0.3) is 0 Å². The summed E-state index contributed by atoms with van der Waals surface area (Å²) in [7, 11) is 0. The monoisotopic (exact) mass is 301 g/mol. The van der Waals surface area contributed by atoms with E-state index in [2.05, 4.69) is 6.58 Å². The third-order valence-electron chi connectivity index (χ3n) is 3.78. The number of nitrogens with zero attached hydrogens (tertiary/aromatic N) is 1. The summed E-state index contributed by atoms with van der Waals surface area (Å²) in [6.07, 6.45) is 5.15. The Morgan fingerprint density at radius 1 is 1.41 bits per heavy atom. The number of para-hydroxylation sites is 1. The van der Waals surface area contributed by atoms with Crippen molar-refractivity contribution in [2.75, 3.05) is 13.2 Å². The Hall–Kier alpha value is -2.40. The van der Waals surface area contributed by atoms with Crippen LogP contribution in [0.1, 0.15) is 18.4 Å². The van der Waals surface area contributed by atoms with E-state index in [4.69, 9.17) is 4.74 Å². The summed E-state index contributed by atoms with van der Waals surface area (Å²) in [5, 5.41) is 20.9. The van der Waals surface area contributed by atoms with E-state index in [0.29, 0.717) is 17.1 Å². The lowest BCUT2D eigenvalue weighted by Crippen LogP contribution is -2.25. The van der Waals surface area contributed by atoms with Gasteiger partial charge in [-0.1, -0.05) is 36.9 Å². The Labute approximate surface area is 129 Å². The summed E-state index contributed by atoms with van der Waals surface area (Å²) in [5.41, 5.74) is 1.46. The smallest absolute Gasteiger partial charge is 0.211 e. The Kier molecular flexibility index (Phi) is 5.12. The fourth-order valence-corrected chi connectivity index (χ4v) is 2.83. The van der Waals surface area contributed by atoms with Gasteiger partial charge in [-0.15, -0.1) is 0 Å². The molecule has 1 aromatic carbocycles. The van der Waals surface area contributed by atoms with E-state index in [0.717, 1.165) is 5.56 Å². The van der Waals surface area contributed by atoms with Crippen molar-refractivity contribution >= 4 is 0 Å². The number of nitro groups is 1. The van der Waals surface area contributed by atoms with Gasteiger partial charge >= 0.3 is 0 Å². The SMILES string of the molecule is C=CC1=C(/C=C\C)[C@H](C[N+](=O)[O-])C(CO)c2ccccc2O1.